The fourth-order valence-corrected chi connectivity index (χ4v) is 1.77. The minimum atomic E-state index is -0.410. The molecule has 0 aliphatic heterocycles. The molecule has 0 aliphatic rings. The molecule has 6 heteroatoms. The van der Waals surface area contributed by atoms with E-state index in [4.69, 9.17) is 15.2 Å². The van der Waals surface area contributed by atoms with Gasteiger partial charge in [-0.1, -0.05) is 0 Å². The minimum Gasteiger partial charge on any atom is -0.495 e. The second-order valence-corrected chi connectivity index (χ2v) is 4.06. The molecule has 0 amide bonds. The second kappa shape index (κ2) is 6.72. The monoisotopic (exact) mass is 274 g/mol. The van der Waals surface area contributed by atoms with Crippen molar-refractivity contribution in [2.24, 2.45) is 5.73 Å². The molecule has 0 saturated heterocycles. The molecule has 0 radical (unpaired) electrons. The molecule has 2 rings (SSSR count). The van der Waals surface area contributed by atoms with Gasteiger partial charge in [0.05, 0.1) is 31.8 Å². The van der Waals surface area contributed by atoms with Gasteiger partial charge in [0.25, 0.3) is 0 Å². The zero-order chi connectivity index (χ0) is 14.4. The first kappa shape index (κ1) is 14.1. The lowest BCUT2D eigenvalue weighted by Crippen LogP contribution is -2.20. The number of methoxy groups -OCH3 is 1. The Balaban J connectivity index is 2.08. The van der Waals surface area contributed by atoms with Crippen molar-refractivity contribution >= 4 is 5.69 Å². The van der Waals surface area contributed by atoms with Gasteiger partial charge >= 0.3 is 0 Å². The lowest BCUT2D eigenvalue weighted by molar-refractivity contribution is 0.327. The van der Waals surface area contributed by atoms with E-state index in [1.54, 1.807) is 31.8 Å². The molecular formula is C14H18N4O2. The topological polar surface area (TPSA) is 82.3 Å². The molecule has 106 valence electrons. The van der Waals surface area contributed by atoms with Crippen molar-refractivity contribution < 1.29 is 9.47 Å². The molecule has 0 aliphatic carbocycles. The van der Waals surface area contributed by atoms with E-state index in [0.29, 0.717) is 18.2 Å². The van der Waals surface area contributed by atoms with Crippen LogP contribution >= 0.6 is 0 Å². The lowest BCUT2D eigenvalue weighted by Gasteiger charge is -2.17. The average Bonchev–Trinajstić information content (AvgIpc) is 2.49. The van der Waals surface area contributed by atoms with Crippen molar-refractivity contribution in [3.8, 4) is 11.6 Å². The van der Waals surface area contributed by atoms with Gasteiger partial charge in [-0.15, -0.1) is 0 Å². The molecule has 0 aromatic carbocycles. The van der Waals surface area contributed by atoms with Gasteiger partial charge in [-0.3, -0.25) is 4.98 Å². The lowest BCUT2D eigenvalue weighted by atomic mass is 10.2. The molecule has 3 N–H and O–H groups in total. The minimum absolute atomic E-state index is 0.410. The average molecular weight is 274 g/mol. The van der Waals surface area contributed by atoms with E-state index < -0.39 is 6.17 Å². The van der Waals surface area contributed by atoms with E-state index in [-0.39, 0.29) is 0 Å². The number of aromatic nitrogens is 2. The van der Waals surface area contributed by atoms with E-state index in [9.17, 15) is 0 Å². The molecule has 20 heavy (non-hydrogen) atoms. The zero-order valence-electron chi connectivity index (χ0n) is 11.5. The van der Waals surface area contributed by atoms with Crippen LogP contribution in [0.25, 0.3) is 0 Å². The van der Waals surface area contributed by atoms with Crippen molar-refractivity contribution in [3.05, 3.63) is 42.4 Å². The quantitative estimate of drug-likeness (QED) is 0.783. The fourth-order valence-electron chi connectivity index (χ4n) is 1.77. The van der Waals surface area contributed by atoms with Crippen LogP contribution in [0.5, 0.6) is 11.6 Å². The predicted octanol–water partition coefficient (Wildman–Crippen LogP) is 1.95. The van der Waals surface area contributed by atoms with E-state index in [1.165, 1.54) is 0 Å². The SMILES string of the molecule is CCOc1ccc(NC(N)c2ccncc2OC)cn1. The summed E-state index contributed by atoms with van der Waals surface area (Å²) in [6, 6.07) is 5.48. The predicted molar refractivity (Wildman–Crippen MR) is 76.7 cm³/mol. The molecular weight excluding hydrogens is 256 g/mol. The number of nitrogens with one attached hydrogen (secondary N) is 1. The Morgan fingerprint density at radius 2 is 2.15 bits per heavy atom. The smallest absolute Gasteiger partial charge is 0.213 e. The third-order valence-corrected chi connectivity index (χ3v) is 2.72. The number of hydrogen-bond acceptors (Lipinski definition) is 6. The van der Waals surface area contributed by atoms with Crippen LogP contribution in [0.4, 0.5) is 5.69 Å². The van der Waals surface area contributed by atoms with Crippen LogP contribution in [0.15, 0.2) is 36.8 Å². The van der Waals surface area contributed by atoms with Gasteiger partial charge in [0, 0.05) is 17.8 Å². The van der Waals surface area contributed by atoms with Crippen LogP contribution < -0.4 is 20.5 Å². The van der Waals surface area contributed by atoms with E-state index >= 15 is 0 Å². The molecule has 2 aromatic rings. The van der Waals surface area contributed by atoms with Crippen molar-refractivity contribution in [2.75, 3.05) is 19.0 Å². The van der Waals surface area contributed by atoms with Crippen LogP contribution in [-0.4, -0.2) is 23.7 Å². The number of rotatable bonds is 6. The van der Waals surface area contributed by atoms with Gasteiger partial charge in [-0.2, -0.15) is 0 Å². The van der Waals surface area contributed by atoms with Crippen LogP contribution in [0.1, 0.15) is 18.7 Å². The highest BCUT2D eigenvalue weighted by molar-refractivity contribution is 5.46. The Labute approximate surface area is 118 Å². The molecule has 1 atom stereocenters. The normalized spacial score (nSPS) is 11.8. The maximum absolute atomic E-state index is 6.12. The van der Waals surface area contributed by atoms with Crippen molar-refractivity contribution in [1.29, 1.82) is 0 Å². The van der Waals surface area contributed by atoms with Gasteiger partial charge in [-0.25, -0.2) is 4.98 Å². The Bertz CT molecular complexity index is 545. The Hall–Kier alpha value is -2.34. The Morgan fingerprint density at radius 1 is 1.30 bits per heavy atom. The van der Waals surface area contributed by atoms with Crippen LogP contribution in [0.2, 0.25) is 0 Å². The van der Waals surface area contributed by atoms with E-state index in [2.05, 4.69) is 15.3 Å². The first-order chi connectivity index (χ1) is 9.74. The van der Waals surface area contributed by atoms with Crippen LogP contribution in [0.3, 0.4) is 0 Å². The van der Waals surface area contributed by atoms with Gasteiger partial charge < -0.3 is 20.5 Å². The molecule has 2 heterocycles. The van der Waals surface area contributed by atoms with Gasteiger partial charge in [0.1, 0.15) is 11.9 Å². The summed E-state index contributed by atoms with van der Waals surface area (Å²) in [5, 5.41) is 3.15. The summed E-state index contributed by atoms with van der Waals surface area (Å²) in [6.45, 7) is 2.51. The van der Waals surface area contributed by atoms with Crippen molar-refractivity contribution in [1.82, 2.24) is 9.97 Å². The van der Waals surface area contributed by atoms with Crippen LogP contribution in [-0.2, 0) is 0 Å². The third kappa shape index (κ3) is 3.36. The number of nitrogens with zero attached hydrogens (tertiary/aromatic N) is 2. The molecule has 0 fully saturated rings. The molecule has 1 unspecified atom stereocenters. The summed E-state index contributed by atoms with van der Waals surface area (Å²) in [5.41, 5.74) is 7.76. The maximum atomic E-state index is 6.12. The molecule has 2 aromatic heterocycles. The molecule has 0 spiro atoms. The summed E-state index contributed by atoms with van der Waals surface area (Å²) in [5.74, 6) is 1.24. The van der Waals surface area contributed by atoms with Crippen LogP contribution in [0, 0.1) is 0 Å². The molecule has 0 saturated carbocycles. The van der Waals surface area contributed by atoms with E-state index in [0.717, 1.165) is 11.3 Å². The number of hydrogen-bond donors (Lipinski definition) is 2. The number of anilines is 1. The highest BCUT2D eigenvalue weighted by Crippen LogP contribution is 2.23. The summed E-state index contributed by atoms with van der Waals surface area (Å²) in [4.78, 5) is 8.17. The highest BCUT2D eigenvalue weighted by atomic mass is 16.5. The Kier molecular flexibility index (Phi) is 4.73. The van der Waals surface area contributed by atoms with Gasteiger partial charge in [0.2, 0.25) is 5.88 Å². The maximum Gasteiger partial charge on any atom is 0.213 e. The summed E-state index contributed by atoms with van der Waals surface area (Å²) >= 11 is 0. The molecule has 0 bridgehead atoms. The number of ether oxygens (including phenoxy) is 2. The summed E-state index contributed by atoms with van der Waals surface area (Å²) in [7, 11) is 1.59. The Morgan fingerprint density at radius 3 is 2.80 bits per heavy atom. The molecule has 6 nitrogen and oxygen atoms in total. The first-order valence-electron chi connectivity index (χ1n) is 6.33. The number of nitrogens with two attached hydrogens (primary N) is 1. The highest BCUT2D eigenvalue weighted by Gasteiger charge is 2.11. The van der Waals surface area contributed by atoms with Crippen molar-refractivity contribution in [2.45, 2.75) is 13.1 Å². The van der Waals surface area contributed by atoms with Gasteiger partial charge in [0.15, 0.2) is 0 Å². The van der Waals surface area contributed by atoms with Crippen molar-refractivity contribution in [3.63, 3.8) is 0 Å². The zero-order valence-corrected chi connectivity index (χ0v) is 11.5. The largest absolute Gasteiger partial charge is 0.495 e. The first-order valence-corrected chi connectivity index (χ1v) is 6.33. The number of pyridine rings is 2. The summed E-state index contributed by atoms with van der Waals surface area (Å²) < 4.78 is 10.5. The second-order valence-electron chi connectivity index (χ2n) is 4.06. The van der Waals surface area contributed by atoms with E-state index in [1.807, 2.05) is 19.1 Å². The summed E-state index contributed by atoms with van der Waals surface area (Å²) in [6.07, 6.45) is 4.58. The fraction of sp³-hybridized carbons (Fsp3) is 0.286. The standard InChI is InChI=1S/C14H18N4O2/c1-3-20-13-5-4-10(8-17-13)18-14(15)11-6-7-16-9-12(11)19-2/h4-9,14,18H,3,15H2,1-2H3. The van der Waals surface area contributed by atoms with Gasteiger partial charge in [-0.05, 0) is 19.1 Å². The third-order valence-electron chi connectivity index (χ3n) is 2.72.